The van der Waals surface area contributed by atoms with E-state index in [9.17, 15) is 4.79 Å². The van der Waals surface area contributed by atoms with E-state index in [1.54, 1.807) is 13.0 Å². The number of fused-ring (bicyclic) bond motifs is 1. The summed E-state index contributed by atoms with van der Waals surface area (Å²) in [5, 5.41) is 6.55. The lowest BCUT2D eigenvalue weighted by molar-refractivity contribution is -0.117. The van der Waals surface area contributed by atoms with Gasteiger partial charge in [-0.1, -0.05) is 11.2 Å². The van der Waals surface area contributed by atoms with Gasteiger partial charge in [-0.2, -0.15) is 0 Å². The Morgan fingerprint density at radius 3 is 2.77 bits per heavy atom. The van der Waals surface area contributed by atoms with Crippen molar-refractivity contribution in [1.29, 1.82) is 0 Å². The molecule has 0 aromatic carbocycles. The summed E-state index contributed by atoms with van der Waals surface area (Å²) in [6.45, 7) is 6.56. The molecule has 1 aliphatic heterocycles. The van der Waals surface area contributed by atoms with E-state index in [-0.39, 0.29) is 5.91 Å². The SMILES string of the molecule is Cc1cc(NC(=O)CN2CCN(Cc3cn4ccccc4n3)CC2)no1. The van der Waals surface area contributed by atoms with Crippen molar-refractivity contribution in [2.75, 3.05) is 38.0 Å². The lowest BCUT2D eigenvalue weighted by Crippen LogP contribution is -2.48. The first-order valence-electron chi connectivity index (χ1n) is 8.76. The highest BCUT2D eigenvalue weighted by atomic mass is 16.5. The highest BCUT2D eigenvalue weighted by Crippen LogP contribution is 2.11. The third-order valence-corrected chi connectivity index (χ3v) is 4.53. The molecule has 4 heterocycles. The Bertz CT molecular complexity index is 861. The van der Waals surface area contributed by atoms with Crippen LogP contribution in [0.1, 0.15) is 11.5 Å². The van der Waals surface area contributed by atoms with Crippen LogP contribution in [-0.4, -0.2) is 63.0 Å². The van der Waals surface area contributed by atoms with Crippen molar-refractivity contribution in [2.24, 2.45) is 0 Å². The Morgan fingerprint density at radius 2 is 2.04 bits per heavy atom. The molecular weight excluding hydrogens is 332 g/mol. The maximum atomic E-state index is 12.1. The maximum absolute atomic E-state index is 12.1. The number of rotatable bonds is 5. The van der Waals surface area contributed by atoms with E-state index in [4.69, 9.17) is 4.52 Å². The van der Waals surface area contributed by atoms with E-state index in [2.05, 4.69) is 31.5 Å². The topological polar surface area (TPSA) is 78.9 Å². The number of anilines is 1. The Hall–Kier alpha value is -2.71. The summed E-state index contributed by atoms with van der Waals surface area (Å²) in [6.07, 6.45) is 4.09. The Kier molecular flexibility index (Phi) is 4.68. The third kappa shape index (κ3) is 3.92. The van der Waals surface area contributed by atoms with Crippen molar-refractivity contribution in [3.05, 3.63) is 48.1 Å². The largest absolute Gasteiger partial charge is 0.360 e. The second-order valence-corrected chi connectivity index (χ2v) is 6.62. The molecule has 1 N–H and O–H groups in total. The van der Waals surface area contributed by atoms with Crippen LogP contribution in [0.4, 0.5) is 5.82 Å². The van der Waals surface area contributed by atoms with Crippen molar-refractivity contribution in [1.82, 2.24) is 24.3 Å². The number of aromatic nitrogens is 3. The van der Waals surface area contributed by atoms with Crippen molar-refractivity contribution < 1.29 is 9.32 Å². The van der Waals surface area contributed by atoms with Gasteiger partial charge in [0.1, 0.15) is 11.4 Å². The van der Waals surface area contributed by atoms with Crippen LogP contribution in [0.25, 0.3) is 5.65 Å². The first-order valence-corrected chi connectivity index (χ1v) is 8.76. The predicted molar refractivity (Wildman–Crippen MR) is 96.8 cm³/mol. The Morgan fingerprint density at radius 1 is 1.23 bits per heavy atom. The minimum absolute atomic E-state index is 0.0629. The normalized spacial score (nSPS) is 16.2. The van der Waals surface area contributed by atoms with Crippen LogP contribution < -0.4 is 5.32 Å². The highest BCUT2D eigenvalue weighted by Gasteiger charge is 2.20. The standard InChI is InChI=1S/C18H22N6O2/c1-14-10-16(21-26-14)20-18(25)13-23-8-6-22(7-9-23)11-15-12-24-5-3-2-4-17(24)19-15/h2-5,10,12H,6-9,11,13H2,1H3,(H,20,21,25). The molecule has 8 heteroatoms. The van der Waals surface area contributed by atoms with Crippen LogP contribution in [0.2, 0.25) is 0 Å². The average Bonchev–Trinajstić information content (AvgIpc) is 3.21. The molecular formula is C18H22N6O2. The van der Waals surface area contributed by atoms with E-state index < -0.39 is 0 Å². The molecule has 0 aliphatic carbocycles. The fourth-order valence-corrected chi connectivity index (χ4v) is 3.21. The number of carbonyl (C=O) groups is 1. The molecule has 0 atom stereocenters. The van der Waals surface area contributed by atoms with Crippen molar-refractivity contribution in [2.45, 2.75) is 13.5 Å². The van der Waals surface area contributed by atoms with Crippen LogP contribution in [0.3, 0.4) is 0 Å². The van der Waals surface area contributed by atoms with E-state index >= 15 is 0 Å². The summed E-state index contributed by atoms with van der Waals surface area (Å²) >= 11 is 0. The van der Waals surface area contributed by atoms with Gasteiger partial charge in [0, 0.05) is 51.2 Å². The van der Waals surface area contributed by atoms with Gasteiger partial charge < -0.3 is 14.2 Å². The molecule has 4 rings (SSSR count). The quantitative estimate of drug-likeness (QED) is 0.746. The lowest BCUT2D eigenvalue weighted by Gasteiger charge is -2.33. The zero-order chi connectivity index (χ0) is 17.9. The molecule has 26 heavy (non-hydrogen) atoms. The number of hydrogen-bond donors (Lipinski definition) is 1. The van der Waals surface area contributed by atoms with Gasteiger partial charge in [0.05, 0.1) is 12.2 Å². The molecule has 1 amide bonds. The van der Waals surface area contributed by atoms with Crippen LogP contribution in [-0.2, 0) is 11.3 Å². The van der Waals surface area contributed by atoms with Gasteiger partial charge in [-0.15, -0.1) is 0 Å². The number of imidazole rings is 1. The van der Waals surface area contributed by atoms with Crippen molar-refractivity contribution >= 4 is 17.4 Å². The zero-order valence-electron chi connectivity index (χ0n) is 14.8. The summed E-state index contributed by atoms with van der Waals surface area (Å²) in [5.41, 5.74) is 2.05. The van der Waals surface area contributed by atoms with Gasteiger partial charge in [-0.25, -0.2) is 4.98 Å². The molecule has 1 fully saturated rings. The maximum Gasteiger partial charge on any atom is 0.239 e. The highest BCUT2D eigenvalue weighted by molar-refractivity contribution is 5.91. The number of amides is 1. The summed E-state index contributed by atoms with van der Waals surface area (Å²) in [4.78, 5) is 21.3. The first kappa shape index (κ1) is 16.7. The molecule has 136 valence electrons. The van der Waals surface area contributed by atoms with Gasteiger partial charge in [-0.05, 0) is 19.1 Å². The summed E-state index contributed by atoms with van der Waals surface area (Å²) in [5.74, 6) is 1.09. The van der Waals surface area contributed by atoms with Gasteiger partial charge in [0.15, 0.2) is 5.82 Å². The number of hydrogen-bond acceptors (Lipinski definition) is 6. The molecule has 0 radical (unpaired) electrons. The molecule has 0 spiro atoms. The van der Waals surface area contributed by atoms with Gasteiger partial charge in [-0.3, -0.25) is 14.6 Å². The Labute approximate surface area is 151 Å². The average molecular weight is 354 g/mol. The molecule has 3 aromatic rings. The van der Waals surface area contributed by atoms with Gasteiger partial charge >= 0.3 is 0 Å². The van der Waals surface area contributed by atoms with Crippen LogP contribution in [0.15, 0.2) is 41.2 Å². The zero-order valence-corrected chi connectivity index (χ0v) is 14.8. The number of piperazine rings is 1. The lowest BCUT2D eigenvalue weighted by atomic mass is 10.3. The molecule has 0 unspecified atom stereocenters. The second kappa shape index (κ2) is 7.27. The molecule has 1 aliphatic rings. The molecule has 0 saturated carbocycles. The molecule has 8 nitrogen and oxygen atoms in total. The fraction of sp³-hybridized carbons (Fsp3) is 0.389. The summed E-state index contributed by atoms with van der Waals surface area (Å²) < 4.78 is 7.00. The smallest absolute Gasteiger partial charge is 0.239 e. The monoisotopic (exact) mass is 354 g/mol. The minimum atomic E-state index is -0.0629. The van der Waals surface area contributed by atoms with Crippen molar-refractivity contribution in [3.8, 4) is 0 Å². The number of aryl methyl sites for hydroxylation is 1. The third-order valence-electron chi connectivity index (χ3n) is 4.53. The van der Waals surface area contributed by atoms with E-state index in [0.29, 0.717) is 18.1 Å². The van der Waals surface area contributed by atoms with Crippen LogP contribution in [0.5, 0.6) is 0 Å². The second-order valence-electron chi connectivity index (χ2n) is 6.62. The predicted octanol–water partition coefficient (Wildman–Crippen LogP) is 1.39. The molecule has 3 aromatic heterocycles. The number of carbonyl (C=O) groups excluding carboxylic acids is 1. The van der Waals surface area contributed by atoms with Crippen LogP contribution >= 0.6 is 0 Å². The number of pyridine rings is 1. The van der Waals surface area contributed by atoms with E-state index in [1.807, 2.05) is 28.8 Å². The van der Waals surface area contributed by atoms with Gasteiger partial charge in [0.25, 0.3) is 0 Å². The minimum Gasteiger partial charge on any atom is -0.360 e. The van der Waals surface area contributed by atoms with Crippen LogP contribution in [0, 0.1) is 6.92 Å². The molecule has 0 bridgehead atoms. The Balaban J connectivity index is 1.25. The summed E-state index contributed by atoms with van der Waals surface area (Å²) in [7, 11) is 0. The van der Waals surface area contributed by atoms with Gasteiger partial charge in [0.2, 0.25) is 5.91 Å². The first-order chi connectivity index (χ1) is 12.7. The number of nitrogens with one attached hydrogen (secondary N) is 1. The van der Waals surface area contributed by atoms with E-state index in [0.717, 1.165) is 44.1 Å². The fourth-order valence-electron chi connectivity index (χ4n) is 3.21. The molecule has 1 saturated heterocycles. The van der Waals surface area contributed by atoms with E-state index in [1.165, 1.54) is 0 Å². The number of nitrogens with zero attached hydrogens (tertiary/aromatic N) is 5. The summed E-state index contributed by atoms with van der Waals surface area (Å²) in [6, 6.07) is 7.72. The van der Waals surface area contributed by atoms with Crippen molar-refractivity contribution in [3.63, 3.8) is 0 Å².